The number of halogens is 1. The molecule has 2 aromatic rings. The first-order chi connectivity index (χ1) is 10.6. The van der Waals surface area contributed by atoms with Crippen LogP contribution in [0.5, 0.6) is 11.5 Å². The fourth-order valence-electron chi connectivity index (χ4n) is 2.63. The normalized spacial score (nSPS) is 15.4. The van der Waals surface area contributed by atoms with Crippen molar-refractivity contribution >= 4 is 23.4 Å². The summed E-state index contributed by atoms with van der Waals surface area (Å²) in [5.41, 5.74) is 1.53. The highest BCUT2D eigenvalue weighted by molar-refractivity contribution is 6.32. The first kappa shape index (κ1) is 13.2. The zero-order valence-corrected chi connectivity index (χ0v) is 12.1. The molecule has 0 atom stereocenters. The van der Waals surface area contributed by atoms with Gasteiger partial charge in [0.2, 0.25) is 6.79 Å². The minimum Gasteiger partial charge on any atom is -0.454 e. The highest BCUT2D eigenvalue weighted by Gasteiger charge is 2.35. The fraction of sp³-hybridized carbons (Fsp3) is 0.125. The van der Waals surface area contributed by atoms with Gasteiger partial charge in [0.25, 0.3) is 11.8 Å². The van der Waals surface area contributed by atoms with Gasteiger partial charge in [0.1, 0.15) is 0 Å². The molecule has 110 valence electrons. The summed E-state index contributed by atoms with van der Waals surface area (Å²) in [7, 11) is 0. The van der Waals surface area contributed by atoms with Crippen molar-refractivity contribution in [2.75, 3.05) is 6.79 Å². The molecule has 2 amide bonds. The van der Waals surface area contributed by atoms with Gasteiger partial charge >= 0.3 is 0 Å². The van der Waals surface area contributed by atoms with Crippen LogP contribution in [-0.2, 0) is 6.54 Å². The van der Waals surface area contributed by atoms with Crippen LogP contribution in [0.1, 0.15) is 26.3 Å². The van der Waals surface area contributed by atoms with Crippen LogP contribution in [0, 0.1) is 0 Å². The first-order valence-corrected chi connectivity index (χ1v) is 7.05. The molecular weight excluding hydrogens is 306 g/mol. The summed E-state index contributed by atoms with van der Waals surface area (Å²) in [6.45, 7) is 0.366. The van der Waals surface area contributed by atoms with E-state index in [0.29, 0.717) is 27.6 Å². The lowest BCUT2D eigenvalue weighted by Crippen LogP contribution is -2.29. The van der Waals surface area contributed by atoms with Gasteiger partial charge in [0.15, 0.2) is 11.5 Å². The molecule has 2 aromatic carbocycles. The number of ether oxygens (including phenoxy) is 2. The highest BCUT2D eigenvalue weighted by atomic mass is 35.5. The molecule has 0 saturated carbocycles. The summed E-state index contributed by atoms with van der Waals surface area (Å²) in [6, 6.07) is 10.1. The molecule has 0 unspecified atom stereocenters. The van der Waals surface area contributed by atoms with E-state index in [1.165, 1.54) is 11.0 Å². The van der Waals surface area contributed by atoms with E-state index < -0.39 is 0 Å². The maximum absolute atomic E-state index is 12.4. The van der Waals surface area contributed by atoms with Gasteiger partial charge in [-0.15, -0.1) is 0 Å². The van der Waals surface area contributed by atoms with Gasteiger partial charge in [-0.3, -0.25) is 14.5 Å². The van der Waals surface area contributed by atoms with Crippen LogP contribution < -0.4 is 9.47 Å². The van der Waals surface area contributed by atoms with E-state index in [0.717, 1.165) is 5.56 Å². The zero-order chi connectivity index (χ0) is 15.3. The molecule has 0 spiro atoms. The Balaban J connectivity index is 1.64. The molecule has 4 rings (SSSR count). The van der Waals surface area contributed by atoms with Gasteiger partial charge in [-0.1, -0.05) is 17.7 Å². The Morgan fingerprint density at radius 3 is 2.59 bits per heavy atom. The maximum atomic E-state index is 12.4. The maximum Gasteiger partial charge on any atom is 0.261 e. The molecule has 0 radical (unpaired) electrons. The topological polar surface area (TPSA) is 55.8 Å². The third-order valence-electron chi connectivity index (χ3n) is 3.71. The molecule has 5 nitrogen and oxygen atoms in total. The van der Waals surface area contributed by atoms with Crippen LogP contribution in [-0.4, -0.2) is 23.5 Å². The molecule has 2 aliphatic heterocycles. The van der Waals surface area contributed by atoms with Crippen molar-refractivity contribution in [3.63, 3.8) is 0 Å². The van der Waals surface area contributed by atoms with E-state index in [1.807, 2.05) is 6.07 Å². The standard InChI is InChI=1S/C16H10ClNO4/c17-10-2-3-11-12(6-10)16(20)18(15(11)19)7-9-1-4-13-14(5-9)22-8-21-13/h1-6H,7-8H2. The molecule has 0 bridgehead atoms. The summed E-state index contributed by atoms with van der Waals surface area (Å²) in [6.07, 6.45) is 0. The number of fused-ring (bicyclic) bond motifs is 2. The Labute approximate surface area is 131 Å². The summed E-state index contributed by atoms with van der Waals surface area (Å²) < 4.78 is 10.6. The Morgan fingerprint density at radius 2 is 1.73 bits per heavy atom. The van der Waals surface area contributed by atoms with E-state index >= 15 is 0 Å². The van der Waals surface area contributed by atoms with Crippen molar-refractivity contribution in [2.45, 2.75) is 6.54 Å². The molecule has 0 aromatic heterocycles. The average Bonchev–Trinajstić information content (AvgIpc) is 3.06. The lowest BCUT2D eigenvalue weighted by Gasteiger charge is -2.14. The monoisotopic (exact) mass is 315 g/mol. The van der Waals surface area contributed by atoms with Gasteiger partial charge < -0.3 is 9.47 Å². The molecule has 2 heterocycles. The lowest BCUT2D eigenvalue weighted by molar-refractivity contribution is 0.0642. The van der Waals surface area contributed by atoms with Gasteiger partial charge in [-0.2, -0.15) is 0 Å². The second-order valence-electron chi connectivity index (χ2n) is 5.07. The number of carbonyl (C=O) groups excluding carboxylic acids is 2. The Kier molecular flexibility index (Phi) is 2.84. The fourth-order valence-corrected chi connectivity index (χ4v) is 2.80. The molecule has 0 N–H and O–H groups in total. The van der Waals surface area contributed by atoms with Crippen LogP contribution in [0.3, 0.4) is 0 Å². The molecule has 22 heavy (non-hydrogen) atoms. The second kappa shape index (κ2) is 4.74. The minimum absolute atomic E-state index is 0.181. The minimum atomic E-state index is -0.333. The number of hydrogen-bond acceptors (Lipinski definition) is 4. The van der Waals surface area contributed by atoms with Crippen LogP contribution in [0.25, 0.3) is 0 Å². The van der Waals surface area contributed by atoms with Crippen molar-refractivity contribution in [3.05, 3.63) is 58.1 Å². The zero-order valence-electron chi connectivity index (χ0n) is 11.3. The van der Waals surface area contributed by atoms with Crippen molar-refractivity contribution in [1.82, 2.24) is 4.90 Å². The van der Waals surface area contributed by atoms with Gasteiger partial charge in [0, 0.05) is 5.02 Å². The summed E-state index contributed by atoms with van der Waals surface area (Å²) >= 11 is 5.90. The van der Waals surface area contributed by atoms with Crippen molar-refractivity contribution in [2.24, 2.45) is 0 Å². The summed E-state index contributed by atoms with van der Waals surface area (Å²) in [5.74, 6) is 0.643. The molecule has 0 saturated heterocycles. The number of hydrogen-bond donors (Lipinski definition) is 0. The number of rotatable bonds is 2. The third kappa shape index (κ3) is 1.94. The summed E-state index contributed by atoms with van der Waals surface area (Å²) in [5, 5.41) is 0.435. The number of amides is 2. The van der Waals surface area contributed by atoms with Gasteiger partial charge in [-0.25, -0.2) is 0 Å². The third-order valence-corrected chi connectivity index (χ3v) is 3.95. The van der Waals surface area contributed by atoms with E-state index in [2.05, 4.69) is 0 Å². The lowest BCUT2D eigenvalue weighted by atomic mass is 10.1. The Morgan fingerprint density at radius 1 is 0.955 bits per heavy atom. The first-order valence-electron chi connectivity index (χ1n) is 6.68. The SMILES string of the molecule is O=C1c2ccc(Cl)cc2C(=O)N1Cc1ccc2c(c1)OCO2. The quantitative estimate of drug-likeness (QED) is 0.800. The van der Waals surface area contributed by atoms with Crippen LogP contribution in [0.4, 0.5) is 0 Å². The summed E-state index contributed by atoms with van der Waals surface area (Å²) in [4.78, 5) is 26.0. The molecule has 2 aliphatic rings. The van der Waals surface area contributed by atoms with Crippen LogP contribution >= 0.6 is 11.6 Å². The number of benzene rings is 2. The largest absolute Gasteiger partial charge is 0.454 e. The van der Waals surface area contributed by atoms with E-state index in [9.17, 15) is 9.59 Å². The number of carbonyl (C=O) groups is 2. The van der Waals surface area contributed by atoms with E-state index in [-0.39, 0.29) is 25.2 Å². The molecule has 0 aliphatic carbocycles. The van der Waals surface area contributed by atoms with Gasteiger partial charge in [-0.05, 0) is 35.9 Å². The van der Waals surface area contributed by atoms with E-state index in [4.69, 9.17) is 21.1 Å². The number of imide groups is 1. The highest BCUT2D eigenvalue weighted by Crippen LogP contribution is 2.34. The van der Waals surface area contributed by atoms with Crippen molar-refractivity contribution in [3.8, 4) is 11.5 Å². The molecule has 0 fully saturated rings. The molecule has 6 heteroatoms. The van der Waals surface area contributed by atoms with Gasteiger partial charge in [0.05, 0.1) is 17.7 Å². The van der Waals surface area contributed by atoms with E-state index in [1.54, 1.807) is 24.3 Å². The number of nitrogens with zero attached hydrogens (tertiary/aromatic N) is 1. The predicted octanol–water partition coefficient (Wildman–Crippen LogP) is 2.86. The smallest absolute Gasteiger partial charge is 0.261 e. The molecular formula is C16H10ClNO4. The van der Waals surface area contributed by atoms with Crippen molar-refractivity contribution < 1.29 is 19.1 Å². The van der Waals surface area contributed by atoms with Crippen molar-refractivity contribution in [1.29, 1.82) is 0 Å². The van der Waals surface area contributed by atoms with Crippen LogP contribution in [0.15, 0.2) is 36.4 Å². The Hall–Kier alpha value is -2.53. The average molecular weight is 316 g/mol. The second-order valence-corrected chi connectivity index (χ2v) is 5.51. The Bertz CT molecular complexity index is 818. The predicted molar refractivity (Wildman–Crippen MR) is 78.2 cm³/mol. The van der Waals surface area contributed by atoms with Crippen LogP contribution in [0.2, 0.25) is 5.02 Å².